The summed E-state index contributed by atoms with van der Waals surface area (Å²) >= 11 is 9.56. The summed E-state index contributed by atoms with van der Waals surface area (Å²) in [5.74, 6) is -0.515. The number of nitrogens with one attached hydrogen (secondary N) is 1. The number of rotatable bonds is 8. The lowest BCUT2D eigenvalue weighted by Crippen LogP contribution is -2.48. The minimum absolute atomic E-state index is 0.0440. The molecule has 3 aromatic rings. The summed E-state index contributed by atoms with van der Waals surface area (Å²) in [7, 11) is 0. The van der Waals surface area contributed by atoms with E-state index >= 15 is 0 Å². The first-order valence-electron chi connectivity index (χ1n) is 10.9. The van der Waals surface area contributed by atoms with E-state index in [0.29, 0.717) is 17.8 Å². The van der Waals surface area contributed by atoms with Crippen molar-refractivity contribution in [3.63, 3.8) is 0 Å². The number of aromatic nitrogens is 1. The monoisotopic (exact) mass is 568 g/mol. The molecule has 35 heavy (non-hydrogen) atoms. The number of ether oxygens (including phenoxy) is 1. The second kappa shape index (κ2) is 11.0. The second-order valence-corrected chi connectivity index (χ2v) is 10.1. The molecular formula is C26H25BrClF3N2O2. The van der Waals surface area contributed by atoms with E-state index in [1.807, 2.05) is 48.5 Å². The minimum atomic E-state index is -4.50. The Labute approximate surface area is 216 Å². The van der Waals surface area contributed by atoms with Crippen molar-refractivity contribution in [1.29, 1.82) is 0 Å². The molecule has 2 aromatic carbocycles. The number of hydrogen-bond donors (Lipinski definition) is 1. The molecule has 0 aliphatic carbocycles. The van der Waals surface area contributed by atoms with E-state index in [-0.39, 0.29) is 17.7 Å². The van der Waals surface area contributed by atoms with Crippen LogP contribution in [0, 0.1) is 0 Å². The quantitative estimate of drug-likeness (QED) is 0.308. The van der Waals surface area contributed by atoms with Crippen molar-refractivity contribution in [2.45, 2.75) is 44.4 Å². The van der Waals surface area contributed by atoms with E-state index in [4.69, 9.17) is 16.3 Å². The average Bonchev–Trinajstić information content (AvgIpc) is 2.79. The molecule has 0 fully saturated rings. The molecule has 9 heteroatoms. The molecule has 0 aliphatic heterocycles. The number of benzene rings is 2. The van der Waals surface area contributed by atoms with Crippen molar-refractivity contribution in [2.24, 2.45) is 0 Å². The Kier molecular flexibility index (Phi) is 8.49. The van der Waals surface area contributed by atoms with Crippen LogP contribution in [-0.2, 0) is 11.0 Å². The van der Waals surface area contributed by atoms with Gasteiger partial charge in [-0.25, -0.2) is 4.98 Å². The third kappa shape index (κ3) is 7.21. The van der Waals surface area contributed by atoms with Crippen LogP contribution in [0.3, 0.4) is 0 Å². The zero-order chi connectivity index (χ0) is 25.8. The summed E-state index contributed by atoms with van der Waals surface area (Å²) in [6, 6.07) is 17.4. The maximum Gasteiger partial charge on any atom is 0.417 e. The van der Waals surface area contributed by atoms with Crippen LogP contribution in [0.15, 0.2) is 71.3 Å². The molecule has 0 spiro atoms. The fourth-order valence-electron chi connectivity index (χ4n) is 3.65. The van der Waals surface area contributed by atoms with Crippen molar-refractivity contribution in [3.8, 4) is 5.88 Å². The van der Waals surface area contributed by atoms with Crippen molar-refractivity contribution in [1.82, 2.24) is 10.3 Å². The van der Waals surface area contributed by atoms with Crippen LogP contribution in [-0.4, -0.2) is 23.0 Å². The molecule has 186 valence electrons. The van der Waals surface area contributed by atoms with E-state index in [2.05, 4.69) is 33.2 Å². The predicted octanol–water partition coefficient (Wildman–Crippen LogP) is 7.38. The zero-order valence-corrected chi connectivity index (χ0v) is 21.7. The first-order valence-corrected chi connectivity index (χ1v) is 12.1. The Morgan fingerprint density at radius 3 is 2.34 bits per heavy atom. The van der Waals surface area contributed by atoms with Gasteiger partial charge in [-0.15, -0.1) is 0 Å². The van der Waals surface area contributed by atoms with Gasteiger partial charge in [0.25, 0.3) is 5.91 Å². The smallest absolute Gasteiger partial charge is 0.417 e. The molecule has 0 bridgehead atoms. The Bertz CT molecular complexity index is 1150. The van der Waals surface area contributed by atoms with E-state index < -0.39 is 23.2 Å². The summed E-state index contributed by atoms with van der Waals surface area (Å²) in [5, 5.41) is 3.59. The van der Waals surface area contributed by atoms with Crippen LogP contribution in [0.4, 0.5) is 13.2 Å². The summed E-state index contributed by atoms with van der Waals surface area (Å²) in [4.78, 5) is 16.7. The predicted molar refractivity (Wildman–Crippen MR) is 134 cm³/mol. The van der Waals surface area contributed by atoms with Gasteiger partial charge in [0.1, 0.15) is 0 Å². The molecule has 1 N–H and O–H groups in total. The van der Waals surface area contributed by atoms with Gasteiger partial charge in [0, 0.05) is 34.2 Å². The highest BCUT2D eigenvalue weighted by atomic mass is 79.9. The van der Waals surface area contributed by atoms with E-state index in [0.717, 1.165) is 27.7 Å². The first kappa shape index (κ1) is 27.0. The number of carbonyl (C=O) groups is 1. The van der Waals surface area contributed by atoms with Crippen LogP contribution >= 0.6 is 27.5 Å². The van der Waals surface area contributed by atoms with Gasteiger partial charge >= 0.3 is 6.18 Å². The Morgan fingerprint density at radius 2 is 1.77 bits per heavy atom. The van der Waals surface area contributed by atoms with Gasteiger partial charge in [0.05, 0.1) is 5.56 Å². The lowest BCUT2D eigenvalue weighted by Gasteiger charge is -2.29. The highest BCUT2D eigenvalue weighted by Crippen LogP contribution is 2.34. The molecule has 2 atom stereocenters. The molecule has 1 heterocycles. The Hall–Kier alpha value is -2.58. The summed E-state index contributed by atoms with van der Waals surface area (Å²) < 4.78 is 44.9. The normalized spacial score (nSPS) is 13.7. The molecular weight excluding hydrogens is 545 g/mol. The van der Waals surface area contributed by atoms with Crippen LogP contribution in [0.5, 0.6) is 5.88 Å². The number of pyridine rings is 1. The van der Waals surface area contributed by atoms with E-state index in [1.165, 1.54) is 0 Å². The van der Waals surface area contributed by atoms with Gasteiger partial charge in [-0.05, 0) is 61.2 Å². The fraction of sp³-hybridized carbons (Fsp3) is 0.308. The maximum atomic E-state index is 13.0. The standard InChI is InChI=1S/C26H25BrClF3N2O2/c1-16(17-7-10-21(28)11-8-17)22(18-5-4-6-20(27)13-18)15-33-24(34)25(2,3)35-23-12-9-19(14-32-23)26(29,30)31/h4-14,16,22H,15H2,1-3H3,(H,33,34). The van der Waals surface area contributed by atoms with Gasteiger partial charge in [-0.3, -0.25) is 4.79 Å². The molecule has 3 rings (SSSR count). The van der Waals surface area contributed by atoms with Crippen LogP contribution in [0.25, 0.3) is 0 Å². The summed E-state index contributed by atoms with van der Waals surface area (Å²) in [6.07, 6.45) is -3.82. The summed E-state index contributed by atoms with van der Waals surface area (Å²) in [6.45, 7) is 5.47. The molecule has 0 saturated carbocycles. The molecule has 2 unspecified atom stereocenters. The number of nitrogens with zero attached hydrogens (tertiary/aromatic N) is 1. The van der Waals surface area contributed by atoms with Gasteiger partial charge in [0.2, 0.25) is 5.88 Å². The molecule has 1 aromatic heterocycles. The number of amides is 1. The van der Waals surface area contributed by atoms with Crippen molar-refractivity contribution >= 4 is 33.4 Å². The first-order chi connectivity index (χ1) is 16.4. The molecule has 0 saturated heterocycles. The van der Waals surface area contributed by atoms with Gasteiger partial charge < -0.3 is 10.1 Å². The van der Waals surface area contributed by atoms with Gasteiger partial charge in [0.15, 0.2) is 5.60 Å². The van der Waals surface area contributed by atoms with Crippen molar-refractivity contribution in [3.05, 3.63) is 93.0 Å². The maximum absolute atomic E-state index is 13.0. The number of hydrogen-bond acceptors (Lipinski definition) is 3. The zero-order valence-electron chi connectivity index (χ0n) is 19.4. The lowest BCUT2D eigenvalue weighted by atomic mass is 9.82. The molecule has 0 aliphatic rings. The van der Waals surface area contributed by atoms with Gasteiger partial charge in [-0.1, -0.05) is 58.7 Å². The van der Waals surface area contributed by atoms with E-state index in [9.17, 15) is 18.0 Å². The Balaban J connectivity index is 1.75. The Morgan fingerprint density at radius 1 is 1.09 bits per heavy atom. The van der Waals surface area contributed by atoms with Crippen LogP contribution in [0.2, 0.25) is 5.02 Å². The topological polar surface area (TPSA) is 51.2 Å². The largest absolute Gasteiger partial charge is 0.462 e. The average molecular weight is 570 g/mol. The SMILES string of the molecule is CC(c1ccc(Cl)cc1)C(CNC(=O)C(C)(C)Oc1ccc(C(F)(F)F)cn1)c1cccc(Br)c1. The third-order valence-corrected chi connectivity index (χ3v) is 6.47. The van der Waals surface area contributed by atoms with Crippen LogP contribution < -0.4 is 10.1 Å². The highest BCUT2D eigenvalue weighted by molar-refractivity contribution is 9.10. The molecule has 1 amide bonds. The number of alkyl halides is 3. The lowest BCUT2D eigenvalue weighted by molar-refractivity contribution is -0.138. The molecule has 4 nitrogen and oxygen atoms in total. The minimum Gasteiger partial charge on any atom is -0.462 e. The number of halogens is 5. The highest BCUT2D eigenvalue weighted by Gasteiger charge is 2.34. The summed E-state index contributed by atoms with van der Waals surface area (Å²) in [5.41, 5.74) is -0.151. The fourth-order valence-corrected chi connectivity index (χ4v) is 4.19. The molecule has 0 radical (unpaired) electrons. The van der Waals surface area contributed by atoms with Crippen molar-refractivity contribution in [2.75, 3.05) is 6.54 Å². The van der Waals surface area contributed by atoms with Gasteiger partial charge in [-0.2, -0.15) is 13.2 Å². The van der Waals surface area contributed by atoms with Crippen molar-refractivity contribution < 1.29 is 22.7 Å². The van der Waals surface area contributed by atoms with E-state index in [1.54, 1.807) is 13.8 Å². The second-order valence-electron chi connectivity index (χ2n) is 8.71. The number of carbonyl (C=O) groups excluding carboxylic acids is 1. The van der Waals surface area contributed by atoms with Crippen LogP contribution in [0.1, 0.15) is 49.3 Å². The third-order valence-electron chi connectivity index (χ3n) is 5.73.